The molecule has 4 saturated carbocycles. The molecule has 0 spiro atoms. The lowest BCUT2D eigenvalue weighted by molar-refractivity contribution is -0.216. The van der Waals surface area contributed by atoms with Crippen LogP contribution in [-0.2, 0) is 9.53 Å². The number of esters is 1. The van der Waals surface area contributed by atoms with Crippen molar-refractivity contribution in [1.29, 1.82) is 0 Å². The SMILES string of the molecule is C=CC(=O)OC12C[C@@H]3C[C@H](CC(O)(C3)C1)C2. The highest BCUT2D eigenvalue weighted by Crippen LogP contribution is 2.58. The summed E-state index contributed by atoms with van der Waals surface area (Å²) in [7, 11) is 0. The van der Waals surface area contributed by atoms with Crippen molar-refractivity contribution in [3.8, 4) is 0 Å². The van der Waals surface area contributed by atoms with E-state index in [2.05, 4.69) is 6.58 Å². The Bertz CT molecular complexity index is 333. The monoisotopic (exact) mass is 222 g/mol. The first-order valence-corrected chi connectivity index (χ1v) is 6.10. The zero-order valence-electron chi connectivity index (χ0n) is 9.45. The molecule has 0 aromatic carbocycles. The van der Waals surface area contributed by atoms with Gasteiger partial charge >= 0.3 is 5.97 Å². The van der Waals surface area contributed by atoms with E-state index in [1.54, 1.807) is 0 Å². The molecule has 4 fully saturated rings. The van der Waals surface area contributed by atoms with Crippen molar-refractivity contribution in [3.05, 3.63) is 12.7 Å². The van der Waals surface area contributed by atoms with E-state index in [4.69, 9.17) is 4.74 Å². The topological polar surface area (TPSA) is 46.5 Å². The van der Waals surface area contributed by atoms with Crippen molar-refractivity contribution in [1.82, 2.24) is 0 Å². The highest BCUT2D eigenvalue weighted by molar-refractivity contribution is 5.81. The minimum atomic E-state index is -0.564. The van der Waals surface area contributed by atoms with Gasteiger partial charge in [-0.1, -0.05) is 6.58 Å². The van der Waals surface area contributed by atoms with Crippen LogP contribution in [0.1, 0.15) is 38.5 Å². The standard InChI is InChI=1S/C13H18O3/c1-2-11(14)16-13-6-9-3-10(7-13)5-12(15,4-9)8-13/h2,9-10,15H,1,3-8H2/t9-,10-,12?,13?/m1/s1. The van der Waals surface area contributed by atoms with E-state index in [9.17, 15) is 9.90 Å². The Hall–Kier alpha value is -0.830. The molecule has 4 rings (SSSR count). The maximum atomic E-state index is 11.4. The third kappa shape index (κ3) is 1.49. The van der Waals surface area contributed by atoms with Gasteiger partial charge in [0.05, 0.1) is 5.60 Å². The number of carbonyl (C=O) groups is 1. The van der Waals surface area contributed by atoms with Crippen LogP contribution in [0, 0.1) is 11.8 Å². The van der Waals surface area contributed by atoms with E-state index < -0.39 is 5.60 Å². The third-order valence-corrected chi connectivity index (χ3v) is 4.46. The molecule has 0 amide bonds. The van der Waals surface area contributed by atoms with Crippen molar-refractivity contribution in [2.75, 3.05) is 0 Å². The van der Waals surface area contributed by atoms with Gasteiger partial charge in [0, 0.05) is 12.5 Å². The summed E-state index contributed by atoms with van der Waals surface area (Å²) in [6.07, 6.45) is 6.73. The summed E-state index contributed by atoms with van der Waals surface area (Å²) in [4.78, 5) is 11.4. The van der Waals surface area contributed by atoms with Gasteiger partial charge in [0.1, 0.15) is 5.60 Å². The van der Waals surface area contributed by atoms with E-state index >= 15 is 0 Å². The van der Waals surface area contributed by atoms with Gasteiger partial charge in [0.15, 0.2) is 0 Å². The van der Waals surface area contributed by atoms with Crippen LogP contribution in [0.4, 0.5) is 0 Å². The lowest BCUT2D eigenvalue weighted by Gasteiger charge is -2.59. The van der Waals surface area contributed by atoms with Crippen molar-refractivity contribution < 1.29 is 14.6 Å². The summed E-state index contributed by atoms with van der Waals surface area (Å²) in [5.74, 6) is 0.748. The summed E-state index contributed by atoms with van der Waals surface area (Å²) >= 11 is 0. The van der Waals surface area contributed by atoms with E-state index in [1.165, 1.54) is 12.5 Å². The maximum Gasteiger partial charge on any atom is 0.330 e. The number of ether oxygens (including phenoxy) is 1. The Kier molecular flexibility index (Phi) is 2.00. The Morgan fingerprint density at radius 3 is 2.44 bits per heavy atom. The molecule has 4 aliphatic carbocycles. The van der Waals surface area contributed by atoms with Crippen LogP contribution < -0.4 is 0 Å². The molecule has 0 saturated heterocycles. The molecule has 0 heterocycles. The predicted octanol–water partition coefficient (Wildman–Crippen LogP) is 1.80. The fourth-order valence-corrected chi connectivity index (χ4v) is 4.51. The van der Waals surface area contributed by atoms with E-state index in [-0.39, 0.29) is 11.6 Å². The van der Waals surface area contributed by atoms with Crippen molar-refractivity contribution in [3.63, 3.8) is 0 Å². The summed E-state index contributed by atoms with van der Waals surface area (Å²) in [5, 5.41) is 10.4. The third-order valence-electron chi connectivity index (χ3n) is 4.46. The van der Waals surface area contributed by atoms with Gasteiger partial charge in [0.25, 0.3) is 0 Å². The van der Waals surface area contributed by atoms with Gasteiger partial charge in [-0.15, -0.1) is 0 Å². The van der Waals surface area contributed by atoms with Crippen LogP contribution in [0.15, 0.2) is 12.7 Å². The van der Waals surface area contributed by atoms with Crippen molar-refractivity contribution in [2.45, 2.75) is 49.7 Å². The summed E-state index contributed by atoms with van der Waals surface area (Å²) in [6.45, 7) is 3.44. The van der Waals surface area contributed by atoms with Crippen LogP contribution >= 0.6 is 0 Å². The van der Waals surface area contributed by atoms with Crippen LogP contribution in [0.3, 0.4) is 0 Å². The Morgan fingerprint density at radius 1 is 1.31 bits per heavy atom. The number of rotatable bonds is 2. The fourth-order valence-electron chi connectivity index (χ4n) is 4.51. The molecule has 16 heavy (non-hydrogen) atoms. The molecule has 0 aromatic heterocycles. The molecular formula is C13H18O3. The second-order valence-corrected chi connectivity index (χ2v) is 5.99. The Labute approximate surface area is 95.5 Å². The minimum Gasteiger partial charge on any atom is -0.456 e. The number of hydrogen-bond acceptors (Lipinski definition) is 3. The average Bonchev–Trinajstić information content (AvgIpc) is 2.12. The zero-order valence-corrected chi connectivity index (χ0v) is 9.45. The highest BCUT2D eigenvalue weighted by atomic mass is 16.6. The van der Waals surface area contributed by atoms with Gasteiger partial charge in [0.2, 0.25) is 0 Å². The average molecular weight is 222 g/mol. The van der Waals surface area contributed by atoms with Crippen LogP contribution in [0.25, 0.3) is 0 Å². The lowest BCUT2D eigenvalue weighted by atomic mass is 9.52. The fraction of sp³-hybridized carbons (Fsp3) is 0.769. The van der Waals surface area contributed by atoms with Crippen LogP contribution in [0.2, 0.25) is 0 Å². The molecule has 0 aliphatic heterocycles. The first-order valence-electron chi connectivity index (χ1n) is 6.10. The molecule has 2 atom stereocenters. The summed E-state index contributed by atoms with van der Waals surface area (Å²) in [6, 6.07) is 0. The van der Waals surface area contributed by atoms with Gasteiger partial charge in [-0.25, -0.2) is 4.79 Å². The molecule has 4 aliphatic rings. The van der Waals surface area contributed by atoms with Crippen LogP contribution in [-0.4, -0.2) is 22.3 Å². The molecule has 3 nitrogen and oxygen atoms in total. The zero-order chi connectivity index (χ0) is 11.4. The lowest BCUT2D eigenvalue weighted by Crippen LogP contribution is -2.60. The Morgan fingerprint density at radius 2 is 1.94 bits per heavy atom. The minimum absolute atomic E-state index is 0.342. The van der Waals surface area contributed by atoms with Crippen molar-refractivity contribution in [2.24, 2.45) is 11.8 Å². The van der Waals surface area contributed by atoms with Gasteiger partial charge < -0.3 is 9.84 Å². The number of hydrogen-bond donors (Lipinski definition) is 1. The maximum absolute atomic E-state index is 11.4. The second kappa shape index (κ2) is 3.10. The van der Waals surface area contributed by atoms with Gasteiger partial charge in [-0.05, 0) is 43.9 Å². The molecule has 3 heteroatoms. The molecule has 0 aromatic rings. The highest BCUT2D eigenvalue weighted by Gasteiger charge is 2.58. The van der Waals surface area contributed by atoms with Crippen molar-refractivity contribution >= 4 is 5.97 Å². The summed E-state index contributed by atoms with van der Waals surface area (Å²) in [5.41, 5.74) is -0.949. The molecular weight excluding hydrogens is 204 g/mol. The van der Waals surface area contributed by atoms with E-state index in [1.807, 2.05) is 0 Å². The molecule has 88 valence electrons. The Balaban J connectivity index is 1.86. The molecule has 1 N–H and O–H groups in total. The summed E-state index contributed by atoms with van der Waals surface area (Å²) < 4.78 is 5.55. The normalized spacial score (nSPS) is 49.1. The van der Waals surface area contributed by atoms with Gasteiger partial charge in [-0.2, -0.15) is 0 Å². The number of aliphatic hydroxyl groups is 1. The first kappa shape index (κ1) is 10.3. The predicted molar refractivity (Wildman–Crippen MR) is 58.7 cm³/mol. The van der Waals surface area contributed by atoms with E-state index in [0.29, 0.717) is 18.3 Å². The quantitative estimate of drug-likeness (QED) is 0.572. The van der Waals surface area contributed by atoms with E-state index in [0.717, 1.165) is 25.7 Å². The van der Waals surface area contributed by atoms with Gasteiger partial charge in [-0.3, -0.25) is 0 Å². The number of carbonyl (C=O) groups excluding carboxylic acids is 1. The van der Waals surface area contributed by atoms with Crippen LogP contribution in [0.5, 0.6) is 0 Å². The first-order chi connectivity index (χ1) is 7.53. The smallest absolute Gasteiger partial charge is 0.330 e. The molecule has 0 radical (unpaired) electrons. The largest absolute Gasteiger partial charge is 0.456 e. The molecule has 4 bridgehead atoms. The second-order valence-electron chi connectivity index (χ2n) is 5.99. The molecule has 0 unspecified atom stereocenters.